The molecule has 76 valence electrons. The molecule has 1 rings (SSSR count). The molecule has 0 aliphatic heterocycles. The summed E-state index contributed by atoms with van der Waals surface area (Å²) < 4.78 is 36.9. The monoisotopic (exact) mass is 202 g/mol. The Kier molecular flexibility index (Phi) is 3.28. The molecule has 0 radical (unpaired) electrons. The number of hydrogen-bond donors (Lipinski definition) is 0. The fraction of sp³-hybridized carbons (Fsp3) is 0.300. The molecule has 14 heavy (non-hydrogen) atoms. The number of carbonyl (C=O) groups excluding carboxylic acids is 1. The first-order chi connectivity index (χ1) is 6.56. The summed E-state index contributed by atoms with van der Waals surface area (Å²) >= 11 is 0. The Labute approximate surface area is 79.5 Å². The van der Waals surface area contributed by atoms with Gasteiger partial charge in [0.1, 0.15) is 5.82 Å². The van der Waals surface area contributed by atoms with E-state index in [2.05, 4.69) is 0 Å². The minimum atomic E-state index is -3.08. The van der Waals surface area contributed by atoms with Gasteiger partial charge in [-0.3, -0.25) is 4.79 Å². The second kappa shape index (κ2) is 4.26. The number of benzene rings is 1. The average molecular weight is 202 g/mol. The summed E-state index contributed by atoms with van der Waals surface area (Å²) in [6.07, 6.45) is -2.66. The van der Waals surface area contributed by atoms with Gasteiger partial charge in [0.15, 0.2) is 0 Å². The molecular weight excluding hydrogens is 193 g/mol. The third kappa shape index (κ3) is 2.13. The molecule has 0 saturated carbocycles. The van der Waals surface area contributed by atoms with Gasteiger partial charge < -0.3 is 0 Å². The van der Waals surface area contributed by atoms with Gasteiger partial charge in [-0.25, -0.2) is 13.2 Å². The standard InChI is InChI=1S/C10H9F3O/c1-2-6-3-4-7(11)5-8(6)9(14)10(12)13/h3-5,10H,2H2,1H3. The van der Waals surface area contributed by atoms with Gasteiger partial charge >= 0.3 is 6.43 Å². The summed E-state index contributed by atoms with van der Waals surface area (Å²) in [5.74, 6) is -1.99. The lowest BCUT2D eigenvalue weighted by Gasteiger charge is -2.05. The second-order valence-corrected chi connectivity index (χ2v) is 2.82. The van der Waals surface area contributed by atoms with Crippen LogP contribution in [-0.2, 0) is 6.42 Å². The van der Waals surface area contributed by atoms with Crippen molar-refractivity contribution in [3.8, 4) is 0 Å². The van der Waals surface area contributed by atoms with E-state index in [1.165, 1.54) is 6.07 Å². The zero-order valence-corrected chi connectivity index (χ0v) is 7.56. The van der Waals surface area contributed by atoms with Crippen LogP contribution in [0.25, 0.3) is 0 Å². The zero-order chi connectivity index (χ0) is 10.7. The van der Waals surface area contributed by atoms with E-state index in [0.717, 1.165) is 12.1 Å². The second-order valence-electron chi connectivity index (χ2n) is 2.82. The Hall–Kier alpha value is -1.32. The van der Waals surface area contributed by atoms with E-state index in [4.69, 9.17) is 0 Å². The number of halogens is 3. The fourth-order valence-corrected chi connectivity index (χ4v) is 1.20. The minimum absolute atomic E-state index is 0.220. The van der Waals surface area contributed by atoms with Crippen molar-refractivity contribution in [3.05, 3.63) is 35.1 Å². The van der Waals surface area contributed by atoms with Crippen LogP contribution in [0.2, 0.25) is 0 Å². The Balaban J connectivity index is 3.17. The molecule has 0 fully saturated rings. The van der Waals surface area contributed by atoms with Gasteiger partial charge in [-0.1, -0.05) is 13.0 Å². The lowest BCUT2D eigenvalue weighted by Crippen LogP contribution is -2.13. The summed E-state index contributed by atoms with van der Waals surface area (Å²) in [6, 6.07) is 3.36. The number of rotatable bonds is 3. The van der Waals surface area contributed by atoms with Crippen molar-refractivity contribution in [2.45, 2.75) is 19.8 Å². The van der Waals surface area contributed by atoms with E-state index in [1.54, 1.807) is 6.92 Å². The van der Waals surface area contributed by atoms with Crippen LogP contribution in [0.4, 0.5) is 13.2 Å². The van der Waals surface area contributed by atoms with Crippen molar-refractivity contribution < 1.29 is 18.0 Å². The lowest BCUT2D eigenvalue weighted by molar-refractivity contribution is 0.0677. The number of hydrogen-bond acceptors (Lipinski definition) is 1. The van der Waals surface area contributed by atoms with Crippen molar-refractivity contribution in [2.75, 3.05) is 0 Å². The van der Waals surface area contributed by atoms with Crippen molar-refractivity contribution in [3.63, 3.8) is 0 Å². The normalized spacial score (nSPS) is 10.6. The first-order valence-electron chi connectivity index (χ1n) is 4.17. The van der Waals surface area contributed by atoms with Gasteiger partial charge in [-0.15, -0.1) is 0 Å². The van der Waals surface area contributed by atoms with Gasteiger partial charge in [0, 0.05) is 5.56 Å². The van der Waals surface area contributed by atoms with Gasteiger partial charge in [0.25, 0.3) is 0 Å². The van der Waals surface area contributed by atoms with E-state index in [0.29, 0.717) is 12.0 Å². The van der Waals surface area contributed by atoms with Crippen LogP contribution in [0.15, 0.2) is 18.2 Å². The highest BCUT2D eigenvalue weighted by molar-refractivity contribution is 5.99. The van der Waals surface area contributed by atoms with E-state index in [1.807, 2.05) is 0 Å². The first-order valence-corrected chi connectivity index (χ1v) is 4.17. The molecule has 0 aliphatic rings. The third-order valence-electron chi connectivity index (χ3n) is 1.92. The third-order valence-corrected chi connectivity index (χ3v) is 1.92. The predicted molar refractivity (Wildman–Crippen MR) is 46.1 cm³/mol. The van der Waals surface area contributed by atoms with Gasteiger partial charge in [-0.05, 0) is 24.1 Å². The summed E-state index contributed by atoms with van der Waals surface area (Å²) in [7, 11) is 0. The molecule has 0 bridgehead atoms. The highest BCUT2D eigenvalue weighted by atomic mass is 19.3. The van der Waals surface area contributed by atoms with E-state index in [-0.39, 0.29) is 5.56 Å². The van der Waals surface area contributed by atoms with Crippen LogP contribution in [0.3, 0.4) is 0 Å². The number of ketones is 1. The largest absolute Gasteiger partial charge is 0.300 e. The molecule has 1 nitrogen and oxygen atoms in total. The van der Waals surface area contributed by atoms with E-state index in [9.17, 15) is 18.0 Å². The highest BCUT2D eigenvalue weighted by Gasteiger charge is 2.20. The van der Waals surface area contributed by atoms with Crippen molar-refractivity contribution in [1.29, 1.82) is 0 Å². The summed E-state index contributed by atoms with van der Waals surface area (Å²) in [5, 5.41) is 0. The summed E-state index contributed by atoms with van der Waals surface area (Å²) in [5.41, 5.74) is 0.221. The number of alkyl halides is 2. The van der Waals surface area contributed by atoms with E-state index < -0.39 is 18.0 Å². The number of Topliss-reactive ketones (excluding diaryl/α,β-unsaturated/α-hetero) is 1. The Bertz CT molecular complexity index is 347. The maximum atomic E-state index is 12.7. The highest BCUT2D eigenvalue weighted by Crippen LogP contribution is 2.15. The minimum Gasteiger partial charge on any atom is -0.288 e. The maximum absolute atomic E-state index is 12.7. The summed E-state index contributed by atoms with van der Waals surface area (Å²) in [6.45, 7) is 1.72. The van der Waals surface area contributed by atoms with Crippen molar-refractivity contribution >= 4 is 5.78 Å². The van der Waals surface area contributed by atoms with Crippen LogP contribution in [0.5, 0.6) is 0 Å². The van der Waals surface area contributed by atoms with Crippen LogP contribution in [0.1, 0.15) is 22.8 Å². The predicted octanol–water partition coefficient (Wildman–Crippen LogP) is 2.84. The molecule has 1 aromatic rings. The molecule has 0 heterocycles. The topological polar surface area (TPSA) is 17.1 Å². The van der Waals surface area contributed by atoms with Crippen molar-refractivity contribution in [2.24, 2.45) is 0 Å². The molecule has 0 spiro atoms. The zero-order valence-electron chi connectivity index (χ0n) is 7.56. The molecule has 0 N–H and O–H groups in total. The molecule has 4 heteroatoms. The molecule has 0 atom stereocenters. The van der Waals surface area contributed by atoms with Crippen LogP contribution >= 0.6 is 0 Å². The smallest absolute Gasteiger partial charge is 0.288 e. The molecule has 0 amide bonds. The lowest BCUT2D eigenvalue weighted by atomic mass is 10.0. The molecule has 1 aromatic carbocycles. The Morgan fingerprint density at radius 2 is 2.07 bits per heavy atom. The first kappa shape index (κ1) is 10.8. The molecule has 0 aromatic heterocycles. The summed E-state index contributed by atoms with van der Waals surface area (Å²) in [4.78, 5) is 11.0. The molecular formula is C10H9F3O. The fourth-order valence-electron chi connectivity index (χ4n) is 1.20. The average Bonchev–Trinajstić information content (AvgIpc) is 2.16. The Morgan fingerprint density at radius 1 is 1.43 bits per heavy atom. The van der Waals surface area contributed by atoms with Gasteiger partial charge in [-0.2, -0.15) is 0 Å². The number of carbonyl (C=O) groups is 1. The molecule has 0 unspecified atom stereocenters. The molecule has 0 aliphatic carbocycles. The van der Waals surface area contributed by atoms with E-state index >= 15 is 0 Å². The van der Waals surface area contributed by atoms with Crippen molar-refractivity contribution in [1.82, 2.24) is 0 Å². The quantitative estimate of drug-likeness (QED) is 0.689. The van der Waals surface area contributed by atoms with Gasteiger partial charge in [0.05, 0.1) is 0 Å². The van der Waals surface area contributed by atoms with Crippen LogP contribution in [0, 0.1) is 5.82 Å². The Morgan fingerprint density at radius 3 is 2.57 bits per heavy atom. The molecule has 0 saturated heterocycles. The van der Waals surface area contributed by atoms with Gasteiger partial charge in [0.2, 0.25) is 5.78 Å². The maximum Gasteiger partial charge on any atom is 0.300 e. The van der Waals surface area contributed by atoms with Crippen LogP contribution < -0.4 is 0 Å². The van der Waals surface area contributed by atoms with Crippen LogP contribution in [-0.4, -0.2) is 12.2 Å². The number of aryl methyl sites for hydroxylation is 1. The SMILES string of the molecule is CCc1ccc(F)cc1C(=O)C(F)F.